The van der Waals surface area contributed by atoms with E-state index in [4.69, 9.17) is 6.57 Å². The van der Waals surface area contributed by atoms with E-state index in [0.717, 1.165) is 35.0 Å². The molecule has 0 spiro atoms. The first kappa shape index (κ1) is 24.8. The van der Waals surface area contributed by atoms with Gasteiger partial charge in [-0.25, -0.2) is 24.0 Å². The number of aromatic nitrogens is 6. The summed E-state index contributed by atoms with van der Waals surface area (Å²) >= 11 is 0. The lowest BCUT2D eigenvalue weighted by molar-refractivity contribution is 0.170. The third-order valence-electron chi connectivity index (χ3n) is 6.73. The number of nitrogens with zero attached hydrogens (tertiary/aromatic N) is 7. The van der Waals surface area contributed by atoms with E-state index in [-0.39, 0.29) is 34.7 Å². The zero-order valence-corrected chi connectivity index (χ0v) is 21.6. The zero-order valence-electron chi connectivity index (χ0n) is 21.6. The first-order valence-electron chi connectivity index (χ1n) is 12.3. The number of rotatable bonds is 6. The summed E-state index contributed by atoms with van der Waals surface area (Å²) in [5, 5.41) is 17.8. The Hall–Kier alpha value is -3.85. The van der Waals surface area contributed by atoms with Crippen molar-refractivity contribution < 1.29 is 4.39 Å². The highest BCUT2D eigenvalue weighted by Gasteiger charge is 2.38. The van der Waals surface area contributed by atoms with Crippen molar-refractivity contribution in [1.82, 2.24) is 35.1 Å². The Morgan fingerprint density at radius 1 is 1.16 bits per heavy atom. The molecule has 3 aromatic rings. The Balaban J connectivity index is 1.47. The molecule has 1 saturated carbocycles. The van der Waals surface area contributed by atoms with Crippen LogP contribution in [0.2, 0.25) is 0 Å². The zero-order chi connectivity index (χ0) is 26.5. The smallest absolute Gasteiger partial charge is 0.368 e. The fourth-order valence-electron chi connectivity index (χ4n) is 5.38. The number of halogens is 1. The topological polar surface area (TPSA) is 119 Å². The van der Waals surface area contributed by atoms with Crippen LogP contribution in [0.5, 0.6) is 0 Å². The van der Waals surface area contributed by atoms with E-state index >= 15 is 4.39 Å². The summed E-state index contributed by atoms with van der Waals surface area (Å²) in [4.78, 5) is 24.9. The molecular weight excluding hydrogens is 475 g/mol. The monoisotopic (exact) mass is 506 g/mol. The van der Waals surface area contributed by atoms with Crippen LogP contribution in [-0.4, -0.2) is 46.9 Å². The molecule has 0 unspecified atom stereocenters. The van der Waals surface area contributed by atoms with Crippen molar-refractivity contribution in [1.29, 1.82) is 0 Å². The average molecular weight is 507 g/mol. The van der Waals surface area contributed by atoms with Crippen molar-refractivity contribution in [3.63, 3.8) is 0 Å². The first-order valence-corrected chi connectivity index (χ1v) is 12.3. The largest absolute Gasteiger partial charge is 0.376 e. The fourth-order valence-corrected chi connectivity index (χ4v) is 5.38. The summed E-state index contributed by atoms with van der Waals surface area (Å²) in [6.45, 7) is 16.2. The number of hydrogen-bond donors (Lipinski definition) is 3. The summed E-state index contributed by atoms with van der Waals surface area (Å²) in [7, 11) is 1.46. The van der Waals surface area contributed by atoms with Gasteiger partial charge in [0.1, 0.15) is 11.5 Å². The second-order valence-corrected chi connectivity index (χ2v) is 11.3. The molecule has 12 heteroatoms. The van der Waals surface area contributed by atoms with Gasteiger partial charge in [0.15, 0.2) is 5.82 Å². The molecule has 1 aliphatic heterocycles. The molecule has 194 valence electrons. The molecular formula is C25H31FN10O. The number of hydrogen-bond acceptors (Lipinski definition) is 8. The molecule has 37 heavy (non-hydrogen) atoms. The molecule has 5 rings (SSSR count). The second-order valence-electron chi connectivity index (χ2n) is 11.3. The van der Waals surface area contributed by atoms with E-state index in [1.807, 2.05) is 0 Å². The van der Waals surface area contributed by atoms with E-state index in [1.165, 1.54) is 19.3 Å². The van der Waals surface area contributed by atoms with Gasteiger partial charge in [0.05, 0.1) is 6.57 Å². The number of tetrazole rings is 1. The lowest BCUT2D eigenvalue weighted by atomic mass is 9.79. The Labute approximate surface area is 214 Å². The van der Waals surface area contributed by atoms with E-state index in [0.29, 0.717) is 22.8 Å². The first-order chi connectivity index (χ1) is 17.4. The van der Waals surface area contributed by atoms with E-state index in [9.17, 15) is 4.79 Å². The van der Waals surface area contributed by atoms with Gasteiger partial charge in [-0.1, -0.05) is 0 Å². The molecule has 0 amide bonds. The lowest BCUT2D eigenvalue weighted by Crippen LogP contribution is -2.60. The minimum absolute atomic E-state index is 0.0142. The molecule has 3 heterocycles. The maximum atomic E-state index is 15.4. The molecule has 0 radical (unpaired) electrons. The summed E-state index contributed by atoms with van der Waals surface area (Å²) in [6, 6.07) is 3.32. The van der Waals surface area contributed by atoms with E-state index < -0.39 is 11.5 Å². The minimum Gasteiger partial charge on any atom is -0.376 e. The van der Waals surface area contributed by atoms with Gasteiger partial charge < -0.3 is 16.0 Å². The molecule has 1 saturated heterocycles. The number of nitrogens with one attached hydrogen (secondary N) is 3. The van der Waals surface area contributed by atoms with Crippen LogP contribution >= 0.6 is 0 Å². The van der Waals surface area contributed by atoms with Gasteiger partial charge >= 0.3 is 5.69 Å². The number of anilines is 3. The third-order valence-corrected chi connectivity index (χ3v) is 6.73. The molecule has 2 aliphatic rings. The molecule has 1 aromatic carbocycles. The molecule has 0 bridgehead atoms. The summed E-state index contributed by atoms with van der Waals surface area (Å²) in [5.41, 5.74) is 0.663. The highest BCUT2D eigenvalue weighted by Crippen LogP contribution is 2.43. The number of piperidine rings is 1. The lowest BCUT2D eigenvalue weighted by Gasteiger charge is -2.46. The maximum Gasteiger partial charge on any atom is 0.368 e. The van der Waals surface area contributed by atoms with Crippen LogP contribution in [0.25, 0.3) is 10.5 Å². The fraction of sp³-hybridized carbons (Fsp3) is 0.520. The predicted molar refractivity (Wildman–Crippen MR) is 138 cm³/mol. The Morgan fingerprint density at radius 3 is 2.46 bits per heavy atom. The molecule has 3 N–H and O–H groups in total. The standard InChI is InChI=1S/C25H31FN10O/c1-24(2)11-16(12-25(3,4)32-24)29-21-18(27-5)13-28-22(31-21)30-15-9-17(14-7-8-14)20(26)19(10-15)36-23(37)35(6)33-34-36/h9-10,13-14,16,32H,7-8,11-12H2,1-4,6H3,(H2,28,29,30,31). The number of aryl methyl sites for hydroxylation is 1. The second kappa shape index (κ2) is 8.92. The van der Waals surface area contributed by atoms with Crippen molar-refractivity contribution in [3.05, 3.63) is 51.6 Å². The predicted octanol–water partition coefficient (Wildman–Crippen LogP) is 3.79. The van der Waals surface area contributed by atoms with Gasteiger partial charge in [-0.3, -0.25) is 0 Å². The Morgan fingerprint density at radius 2 is 1.86 bits per heavy atom. The highest BCUT2D eigenvalue weighted by molar-refractivity contribution is 5.68. The minimum atomic E-state index is -0.547. The van der Waals surface area contributed by atoms with E-state index in [1.54, 1.807) is 6.07 Å². The van der Waals surface area contributed by atoms with Crippen LogP contribution < -0.4 is 21.6 Å². The van der Waals surface area contributed by atoms with Crippen LogP contribution in [0, 0.1) is 12.4 Å². The van der Waals surface area contributed by atoms with Crippen molar-refractivity contribution in [2.45, 2.75) is 76.4 Å². The van der Waals surface area contributed by atoms with Gasteiger partial charge in [0, 0.05) is 36.1 Å². The van der Waals surface area contributed by atoms with Gasteiger partial charge in [0.25, 0.3) is 0 Å². The van der Waals surface area contributed by atoms with Crippen LogP contribution in [0.15, 0.2) is 23.1 Å². The highest BCUT2D eigenvalue weighted by atomic mass is 19.1. The van der Waals surface area contributed by atoms with Gasteiger partial charge in [-0.2, -0.15) is 9.36 Å². The van der Waals surface area contributed by atoms with Crippen LogP contribution in [0.3, 0.4) is 0 Å². The molecule has 0 atom stereocenters. The van der Waals surface area contributed by atoms with Crippen LogP contribution in [0.1, 0.15) is 64.9 Å². The summed E-state index contributed by atoms with van der Waals surface area (Å²) in [5.74, 6) is 0.301. The summed E-state index contributed by atoms with van der Waals surface area (Å²) in [6.07, 6.45) is 4.95. The molecule has 2 fully saturated rings. The normalized spacial score (nSPS) is 18.8. The quantitative estimate of drug-likeness (QED) is 0.432. The van der Waals surface area contributed by atoms with E-state index in [2.05, 4.69) is 68.9 Å². The SMILES string of the molecule is [C-]#[N+]c1cnc(Nc2cc(C3CC3)c(F)c(-n3nnn(C)c3=O)c2)nc1NC1CC(C)(C)NC(C)(C)C1. The Bertz CT molecular complexity index is 1430. The van der Waals surface area contributed by atoms with Crippen molar-refractivity contribution in [2.24, 2.45) is 7.05 Å². The van der Waals surface area contributed by atoms with Gasteiger partial charge in [-0.15, -0.1) is 0 Å². The van der Waals surface area contributed by atoms with Gasteiger partial charge in [0.2, 0.25) is 11.6 Å². The van der Waals surface area contributed by atoms with Crippen LogP contribution in [-0.2, 0) is 7.05 Å². The molecule has 2 aromatic heterocycles. The van der Waals surface area contributed by atoms with Crippen molar-refractivity contribution >= 4 is 23.1 Å². The maximum absolute atomic E-state index is 15.4. The Kier molecular flexibility index (Phi) is 5.98. The number of benzene rings is 1. The average Bonchev–Trinajstić information content (AvgIpc) is 3.58. The third kappa shape index (κ3) is 5.17. The van der Waals surface area contributed by atoms with Crippen molar-refractivity contribution in [3.8, 4) is 5.69 Å². The summed E-state index contributed by atoms with van der Waals surface area (Å²) < 4.78 is 17.4. The van der Waals surface area contributed by atoms with Crippen LogP contribution in [0.4, 0.5) is 27.5 Å². The molecule has 1 aliphatic carbocycles. The van der Waals surface area contributed by atoms with Gasteiger partial charge in [-0.05, 0) is 87.4 Å². The van der Waals surface area contributed by atoms with Crippen molar-refractivity contribution in [2.75, 3.05) is 10.6 Å². The molecule has 11 nitrogen and oxygen atoms in total.